The molecule has 0 aliphatic carbocycles. The molecular weight excluding hydrogens is 392 g/mol. The van der Waals surface area contributed by atoms with Gasteiger partial charge in [-0.25, -0.2) is 8.42 Å². The van der Waals surface area contributed by atoms with Crippen molar-refractivity contribution < 1.29 is 22.7 Å². The molecule has 1 N–H and O–H groups in total. The maximum absolute atomic E-state index is 12.2. The molecule has 0 radical (unpaired) electrons. The smallest absolute Gasteiger partial charge is 0.235 e. The zero-order valence-corrected chi connectivity index (χ0v) is 17.9. The highest BCUT2D eigenvalue weighted by Crippen LogP contribution is 2.27. The lowest BCUT2D eigenvalue weighted by atomic mass is 10.1. The van der Waals surface area contributed by atoms with Crippen LogP contribution in [0.4, 0.5) is 0 Å². The quantitative estimate of drug-likeness (QED) is 0.564. The Morgan fingerprint density at radius 1 is 1.00 bits per heavy atom. The van der Waals surface area contributed by atoms with Gasteiger partial charge in [0, 0.05) is 13.1 Å². The summed E-state index contributed by atoms with van der Waals surface area (Å²) in [6.45, 7) is 0.416. The third-order valence-corrected chi connectivity index (χ3v) is 5.60. The van der Waals surface area contributed by atoms with Crippen LogP contribution in [-0.4, -0.2) is 52.2 Å². The lowest BCUT2D eigenvalue weighted by Crippen LogP contribution is -2.40. The number of carbonyl (C=O) groups excluding carboxylic acids is 1. The highest BCUT2D eigenvalue weighted by Gasteiger charge is 2.20. The van der Waals surface area contributed by atoms with Gasteiger partial charge in [0.15, 0.2) is 11.5 Å². The molecule has 2 aromatic carbocycles. The first-order chi connectivity index (χ1) is 13.8. The van der Waals surface area contributed by atoms with E-state index < -0.39 is 10.0 Å². The Balaban J connectivity index is 1.83. The van der Waals surface area contributed by atoms with Crippen molar-refractivity contribution in [3.8, 4) is 11.5 Å². The Morgan fingerprint density at radius 3 is 2.31 bits per heavy atom. The number of benzene rings is 2. The van der Waals surface area contributed by atoms with E-state index in [2.05, 4.69) is 5.32 Å². The van der Waals surface area contributed by atoms with Crippen molar-refractivity contribution in [2.75, 3.05) is 33.6 Å². The van der Waals surface area contributed by atoms with Crippen LogP contribution in [0.2, 0.25) is 0 Å². The van der Waals surface area contributed by atoms with Crippen LogP contribution < -0.4 is 14.8 Å². The second kappa shape index (κ2) is 10.8. The van der Waals surface area contributed by atoms with E-state index in [1.165, 1.54) is 4.31 Å². The predicted molar refractivity (Wildman–Crippen MR) is 113 cm³/mol. The largest absolute Gasteiger partial charge is 0.493 e. The fraction of sp³-hybridized carbons (Fsp3) is 0.381. The molecule has 2 rings (SSSR count). The summed E-state index contributed by atoms with van der Waals surface area (Å²) in [7, 11) is -0.323. The van der Waals surface area contributed by atoms with Gasteiger partial charge in [0.25, 0.3) is 0 Å². The Morgan fingerprint density at radius 2 is 1.69 bits per heavy atom. The normalized spacial score (nSPS) is 11.3. The molecule has 0 unspecified atom stereocenters. The third kappa shape index (κ3) is 7.40. The number of carbonyl (C=O) groups is 1. The fourth-order valence-electron chi connectivity index (χ4n) is 2.85. The van der Waals surface area contributed by atoms with Gasteiger partial charge < -0.3 is 14.8 Å². The fourth-order valence-corrected chi connectivity index (χ4v) is 3.59. The zero-order valence-electron chi connectivity index (χ0n) is 17.1. The minimum atomic E-state index is -3.50. The molecule has 0 aliphatic rings. The van der Waals surface area contributed by atoms with Crippen molar-refractivity contribution in [2.24, 2.45) is 0 Å². The van der Waals surface area contributed by atoms with Crippen molar-refractivity contribution in [1.29, 1.82) is 0 Å². The minimum Gasteiger partial charge on any atom is -0.493 e. The van der Waals surface area contributed by atoms with Crippen molar-refractivity contribution in [3.05, 3.63) is 59.7 Å². The summed E-state index contributed by atoms with van der Waals surface area (Å²) in [4.78, 5) is 12.2. The van der Waals surface area contributed by atoms with Gasteiger partial charge in [0.2, 0.25) is 15.9 Å². The van der Waals surface area contributed by atoms with Gasteiger partial charge in [-0.2, -0.15) is 4.31 Å². The lowest BCUT2D eigenvalue weighted by Gasteiger charge is -2.19. The summed E-state index contributed by atoms with van der Waals surface area (Å²) in [5.74, 6) is 1.02. The minimum absolute atomic E-state index is 0.165. The number of methoxy groups -OCH3 is 2. The molecule has 0 aliphatic heterocycles. The molecule has 0 atom stereocenters. The van der Waals surface area contributed by atoms with Crippen LogP contribution in [0.5, 0.6) is 11.5 Å². The molecule has 7 nitrogen and oxygen atoms in total. The molecule has 0 saturated heterocycles. The summed E-state index contributed by atoms with van der Waals surface area (Å²) in [6, 6.07) is 14.9. The van der Waals surface area contributed by atoms with Gasteiger partial charge in [-0.3, -0.25) is 4.79 Å². The zero-order chi connectivity index (χ0) is 21.3. The number of amides is 1. The van der Waals surface area contributed by atoms with Gasteiger partial charge >= 0.3 is 0 Å². The van der Waals surface area contributed by atoms with E-state index in [-0.39, 0.29) is 19.0 Å². The number of rotatable bonds is 11. The van der Waals surface area contributed by atoms with E-state index >= 15 is 0 Å². The van der Waals surface area contributed by atoms with E-state index in [0.29, 0.717) is 18.0 Å². The Kier molecular flexibility index (Phi) is 8.48. The number of sulfonamides is 1. The summed E-state index contributed by atoms with van der Waals surface area (Å²) >= 11 is 0. The highest BCUT2D eigenvalue weighted by molar-refractivity contribution is 7.88. The molecule has 0 bridgehead atoms. The summed E-state index contributed by atoms with van der Waals surface area (Å²) in [5, 5.41) is 2.79. The van der Waals surface area contributed by atoms with Crippen LogP contribution in [-0.2, 0) is 27.8 Å². The Labute approximate surface area is 172 Å². The number of ether oxygens (including phenoxy) is 2. The van der Waals surface area contributed by atoms with Crippen molar-refractivity contribution in [1.82, 2.24) is 9.62 Å². The van der Waals surface area contributed by atoms with E-state index in [9.17, 15) is 13.2 Å². The lowest BCUT2D eigenvalue weighted by molar-refractivity contribution is -0.121. The average molecular weight is 421 g/mol. The molecule has 0 aromatic heterocycles. The maximum Gasteiger partial charge on any atom is 0.235 e. The monoisotopic (exact) mass is 420 g/mol. The van der Waals surface area contributed by atoms with Gasteiger partial charge in [-0.1, -0.05) is 36.4 Å². The molecule has 1 amide bonds. The van der Waals surface area contributed by atoms with E-state index in [1.54, 1.807) is 14.2 Å². The molecule has 0 spiro atoms. The van der Waals surface area contributed by atoms with Crippen molar-refractivity contribution in [2.45, 2.75) is 19.4 Å². The number of hydrogen-bond donors (Lipinski definition) is 1. The Hall–Kier alpha value is -2.58. The molecule has 29 heavy (non-hydrogen) atoms. The van der Waals surface area contributed by atoms with Crippen LogP contribution in [0.25, 0.3) is 0 Å². The SMILES string of the molecule is COc1ccc(CCCNC(=O)CN(Cc2ccccc2)S(C)(=O)=O)cc1OC. The summed E-state index contributed by atoms with van der Waals surface area (Å²) in [6.07, 6.45) is 2.58. The number of aryl methyl sites for hydroxylation is 1. The number of nitrogens with one attached hydrogen (secondary N) is 1. The van der Waals surface area contributed by atoms with Crippen LogP contribution in [0.15, 0.2) is 48.5 Å². The first-order valence-corrected chi connectivity index (χ1v) is 11.1. The van der Waals surface area contributed by atoms with Gasteiger partial charge in [0.1, 0.15) is 0 Å². The van der Waals surface area contributed by atoms with Gasteiger partial charge in [-0.05, 0) is 36.1 Å². The second-order valence-corrected chi connectivity index (χ2v) is 8.64. The van der Waals surface area contributed by atoms with Crippen LogP contribution in [0.1, 0.15) is 17.5 Å². The van der Waals surface area contributed by atoms with Crippen LogP contribution in [0.3, 0.4) is 0 Å². The molecule has 0 fully saturated rings. The average Bonchev–Trinajstić information content (AvgIpc) is 2.70. The van der Waals surface area contributed by atoms with Gasteiger partial charge in [0.05, 0.1) is 27.0 Å². The van der Waals surface area contributed by atoms with E-state index in [0.717, 1.165) is 30.2 Å². The van der Waals surface area contributed by atoms with Crippen LogP contribution >= 0.6 is 0 Å². The predicted octanol–water partition coefficient (Wildman–Crippen LogP) is 2.21. The third-order valence-electron chi connectivity index (χ3n) is 4.40. The number of hydrogen-bond acceptors (Lipinski definition) is 5. The molecule has 0 saturated carbocycles. The van der Waals surface area contributed by atoms with Crippen molar-refractivity contribution >= 4 is 15.9 Å². The highest BCUT2D eigenvalue weighted by atomic mass is 32.2. The molecule has 2 aromatic rings. The second-order valence-electron chi connectivity index (χ2n) is 6.66. The summed E-state index contributed by atoms with van der Waals surface area (Å²) in [5.41, 5.74) is 1.90. The van der Waals surface area contributed by atoms with E-state index in [1.807, 2.05) is 48.5 Å². The van der Waals surface area contributed by atoms with Crippen molar-refractivity contribution in [3.63, 3.8) is 0 Å². The number of nitrogens with zero attached hydrogens (tertiary/aromatic N) is 1. The van der Waals surface area contributed by atoms with E-state index in [4.69, 9.17) is 9.47 Å². The molecule has 0 heterocycles. The molecular formula is C21H28N2O5S. The standard InChI is InChI=1S/C21H28N2O5S/c1-27-19-12-11-17(14-20(19)28-2)10-7-13-22-21(24)16-23(29(3,25)26)15-18-8-5-4-6-9-18/h4-6,8-9,11-12,14H,7,10,13,15-16H2,1-3H3,(H,22,24). The van der Waals surface area contributed by atoms with Crippen LogP contribution in [0, 0.1) is 0 Å². The molecule has 8 heteroatoms. The Bertz CT molecular complexity index is 901. The van der Waals surface area contributed by atoms with Gasteiger partial charge in [-0.15, -0.1) is 0 Å². The molecule has 158 valence electrons. The summed E-state index contributed by atoms with van der Waals surface area (Å²) < 4.78 is 35.7. The first kappa shape index (κ1) is 22.7. The topological polar surface area (TPSA) is 84.9 Å². The maximum atomic E-state index is 12.2. The first-order valence-electron chi connectivity index (χ1n) is 9.30.